The molecule has 0 saturated carbocycles. The number of fused-ring (bicyclic) bond motifs is 1. The second-order valence-corrected chi connectivity index (χ2v) is 8.40. The van der Waals surface area contributed by atoms with E-state index in [1.807, 2.05) is 24.3 Å². The predicted molar refractivity (Wildman–Crippen MR) is 122 cm³/mol. The van der Waals surface area contributed by atoms with Crippen LogP contribution in [0.25, 0.3) is 11.0 Å². The van der Waals surface area contributed by atoms with Crippen LogP contribution in [0.15, 0.2) is 29.4 Å². The maximum atomic E-state index is 12.5. The van der Waals surface area contributed by atoms with Gasteiger partial charge in [-0.3, -0.25) is 0 Å². The predicted octanol–water partition coefficient (Wildman–Crippen LogP) is 3.97. The number of nitrogens with zero attached hydrogens (tertiary/aromatic N) is 2. The number of thioether (sulfide) groups is 1. The fourth-order valence-corrected chi connectivity index (χ4v) is 5.24. The molecular weight excluding hydrogens is 438 g/mol. The maximum absolute atomic E-state index is 12.5. The van der Waals surface area contributed by atoms with Gasteiger partial charge in [-0.15, -0.1) is 11.3 Å². The van der Waals surface area contributed by atoms with Crippen molar-refractivity contribution in [1.82, 2.24) is 9.55 Å². The number of benzene rings is 1. The molecule has 2 heterocycles. The SMILES string of the molecule is CCOC(=O)c1sc(N)c(C(=O)OCC)c1CSc1nc2ccccc2n1CCOC. The van der Waals surface area contributed by atoms with Gasteiger partial charge in [-0.2, -0.15) is 0 Å². The lowest BCUT2D eigenvalue weighted by Gasteiger charge is -2.10. The van der Waals surface area contributed by atoms with Crippen molar-refractivity contribution in [2.24, 2.45) is 0 Å². The third-order valence-corrected chi connectivity index (χ3v) is 6.50. The van der Waals surface area contributed by atoms with Gasteiger partial charge in [0.2, 0.25) is 0 Å². The van der Waals surface area contributed by atoms with Gasteiger partial charge in [0.15, 0.2) is 5.16 Å². The maximum Gasteiger partial charge on any atom is 0.348 e. The summed E-state index contributed by atoms with van der Waals surface area (Å²) in [4.78, 5) is 30.1. The van der Waals surface area contributed by atoms with Crippen molar-refractivity contribution in [3.63, 3.8) is 0 Å². The molecule has 2 N–H and O–H groups in total. The Morgan fingerprint density at radius 1 is 1.16 bits per heavy atom. The largest absolute Gasteiger partial charge is 0.462 e. The summed E-state index contributed by atoms with van der Waals surface area (Å²) >= 11 is 2.46. The van der Waals surface area contributed by atoms with Crippen LogP contribution < -0.4 is 5.73 Å². The second-order valence-electron chi connectivity index (χ2n) is 6.41. The van der Waals surface area contributed by atoms with Crippen LogP contribution in [0.2, 0.25) is 0 Å². The molecule has 8 nitrogen and oxygen atoms in total. The summed E-state index contributed by atoms with van der Waals surface area (Å²) in [5, 5.41) is 0.998. The Balaban J connectivity index is 1.98. The minimum atomic E-state index is -0.546. The number of nitrogen functional groups attached to an aromatic ring is 1. The Morgan fingerprint density at radius 2 is 1.87 bits per heavy atom. The number of carbonyl (C=O) groups excluding carboxylic acids is 2. The fourth-order valence-electron chi connectivity index (χ4n) is 3.11. The molecule has 0 unspecified atom stereocenters. The summed E-state index contributed by atoms with van der Waals surface area (Å²) in [6.45, 7) is 5.04. The molecule has 0 fully saturated rings. The van der Waals surface area contributed by atoms with Crippen molar-refractivity contribution in [2.45, 2.75) is 31.3 Å². The highest BCUT2D eigenvalue weighted by Gasteiger charge is 2.28. The molecule has 0 aliphatic rings. The zero-order valence-electron chi connectivity index (χ0n) is 17.7. The van der Waals surface area contributed by atoms with E-state index in [9.17, 15) is 9.59 Å². The number of methoxy groups -OCH3 is 1. The molecule has 0 atom stereocenters. The minimum Gasteiger partial charge on any atom is -0.462 e. The van der Waals surface area contributed by atoms with E-state index in [-0.39, 0.29) is 23.8 Å². The molecule has 0 aliphatic carbocycles. The van der Waals surface area contributed by atoms with Gasteiger partial charge in [-0.25, -0.2) is 14.6 Å². The first-order valence-electron chi connectivity index (χ1n) is 9.84. The van der Waals surface area contributed by atoms with Gasteiger partial charge in [0.1, 0.15) is 9.88 Å². The van der Waals surface area contributed by atoms with Gasteiger partial charge < -0.3 is 24.5 Å². The average molecular weight is 464 g/mol. The van der Waals surface area contributed by atoms with E-state index in [2.05, 4.69) is 4.57 Å². The number of nitrogens with two attached hydrogens (primary N) is 1. The van der Waals surface area contributed by atoms with Crippen molar-refractivity contribution >= 4 is 51.1 Å². The number of carbonyl (C=O) groups is 2. The molecular formula is C21H25N3O5S2. The standard InChI is InChI=1S/C21H25N3O5S2/c1-4-28-19(25)16-13(17(31-18(16)22)20(26)29-5-2)12-30-21-23-14-8-6-7-9-15(14)24(21)10-11-27-3/h6-9H,4-5,10-12,22H2,1-3H3. The van der Waals surface area contributed by atoms with Crippen LogP contribution in [-0.4, -0.2) is 48.4 Å². The first-order chi connectivity index (χ1) is 15.0. The molecule has 0 amide bonds. The molecule has 10 heteroatoms. The Bertz CT molecular complexity index is 1080. The van der Waals surface area contributed by atoms with E-state index in [1.165, 1.54) is 11.8 Å². The third-order valence-electron chi connectivity index (χ3n) is 4.46. The van der Waals surface area contributed by atoms with E-state index in [1.54, 1.807) is 21.0 Å². The van der Waals surface area contributed by atoms with Crippen molar-refractivity contribution in [1.29, 1.82) is 0 Å². The Hall–Kier alpha value is -2.56. The molecule has 3 rings (SSSR count). The van der Waals surface area contributed by atoms with Crippen molar-refractivity contribution < 1.29 is 23.8 Å². The van der Waals surface area contributed by atoms with Gasteiger partial charge in [0, 0.05) is 25.0 Å². The number of ether oxygens (including phenoxy) is 3. The van der Waals surface area contributed by atoms with E-state index in [0.29, 0.717) is 29.3 Å². The average Bonchev–Trinajstić information content (AvgIpc) is 3.28. The van der Waals surface area contributed by atoms with Crippen LogP contribution in [0.5, 0.6) is 0 Å². The van der Waals surface area contributed by atoms with Gasteiger partial charge in [0.05, 0.1) is 36.4 Å². The molecule has 166 valence electrons. The van der Waals surface area contributed by atoms with E-state index >= 15 is 0 Å². The number of thiophene rings is 1. The number of esters is 2. The topological polar surface area (TPSA) is 106 Å². The molecule has 0 radical (unpaired) electrons. The summed E-state index contributed by atoms with van der Waals surface area (Å²) in [6.07, 6.45) is 0. The van der Waals surface area contributed by atoms with Crippen LogP contribution in [0.1, 0.15) is 39.4 Å². The lowest BCUT2D eigenvalue weighted by Crippen LogP contribution is -2.11. The van der Waals surface area contributed by atoms with Crippen molar-refractivity contribution in [2.75, 3.05) is 32.7 Å². The first kappa shape index (κ1) is 23.1. The van der Waals surface area contributed by atoms with E-state index < -0.39 is 11.9 Å². The minimum absolute atomic E-state index is 0.211. The molecule has 3 aromatic rings. The highest BCUT2D eigenvalue weighted by Crippen LogP contribution is 2.37. The number of aromatic nitrogens is 2. The zero-order valence-corrected chi connectivity index (χ0v) is 19.3. The smallest absolute Gasteiger partial charge is 0.348 e. The number of imidazole rings is 1. The lowest BCUT2D eigenvalue weighted by atomic mass is 10.1. The Kier molecular flexibility index (Phi) is 7.94. The summed E-state index contributed by atoms with van der Waals surface area (Å²) in [5.74, 6) is -0.736. The van der Waals surface area contributed by atoms with Crippen LogP contribution >= 0.6 is 23.1 Å². The quantitative estimate of drug-likeness (QED) is 0.356. The number of para-hydroxylation sites is 2. The summed E-state index contributed by atoms with van der Waals surface area (Å²) < 4.78 is 17.6. The Morgan fingerprint density at radius 3 is 2.58 bits per heavy atom. The van der Waals surface area contributed by atoms with Crippen LogP contribution in [0, 0.1) is 0 Å². The number of hydrogen-bond acceptors (Lipinski definition) is 9. The third kappa shape index (κ3) is 5.03. The van der Waals surface area contributed by atoms with Gasteiger partial charge in [-0.05, 0) is 26.0 Å². The van der Waals surface area contributed by atoms with Crippen LogP contribution in [0.3, 0.4) is 0 Å². The van der Waals surface area contributed by atoms with Crippen LogP contribution in [-0.2, 0) is 26.5 Å². The highest BCUT2D eigenvalue weighted by atomic mass is 32.2. The van der Waals surface area contributed by atoms with Gasteiger partial charge in [-0.1, -0.05) is 23.9 Å². The molecule has 0 aliphatic heterocycles. The fraction of sp³-hybridized carbons (Fsp3) is 0.381. The normalized spacial score (nSPS) is 11.1. The molecule has 31 heavy (non-hydrogen) atoms. The molecule has 0 spiro atoms. The highest BCUT2D eigenvalue weighted by molar-refractivity contribution is 7.98. The van der Waals surface area contributed by atoms with Crippen molar-refractivity contribution in [3.05, 3.63) is 40.3 Å². The van der Waals surface area contributed by atoms with Crippen LogP contribution in [0.4, 0.5) is 5.00 Å². The van der Waals surface area contributed by atoms with E-state index in [0.717, 1.165) is 27.5 Å². The van der Waals surface area contributed by atoms with Crippen molar-refractivity contribution in [3.8, 4) is 0 Å². The molecule has 2 aromatic heterocycles. The van der Waals surface area contributed by atoms with E-state index in [4.69, 9.17) is 24.9 Å². The number of hydrogen-bond donors (Lipinski definition) is 1. The number of anilines is 1. The summed E-state index contributed by atoms with van der Waals surface area (Å²) in [6, 6.07) is 7.83. The van der Waals surface area contributed by atoms with Gasteiger partial charge >= 0.3 is 11.9 Å². The molecule has 1 aromatic carbocycles. The van der Waals surface area contributed by atoms with Gasteiger partial charge in [0.25, 0.3) is 0 Å². The molecule has 0 saturated heterocycles. The summed E-state index contributed by atoms with van der Waals surface area (Å²) in [7, 11) is 1.65. The molecule has 0 bridgehead atoms. The summed E-state index contributed by atoms with van der Waals surface area (Å²) in [5.41, 5.74) is 8.68. The lowest BCUT2D eigenvalue weighted by molar-refractivity contribution is 0.0527. The first-order valence-corrected chi connectivity index (χ1v) is 11.6. The monoisotopic (exact) mass is 463 g/mol. The second kappa shape index (κ2) is 10.7. The zero-order chi connectivity index (χ0) is 22.4. The Labute approximate surface area is 188 Å². The number of rotatable bonds is 10.